The maximum Gasteiger partial charge on any atom is 0.322 e. The summed E-state index contributed by atoms with van der Waals surface area (Å²) in [6.07, 6.45) is 5.69. The molecule has 11 nitrogen and oxygen atoms in total. The van der Waals surface area contributed by atoms with Gasteiger partial charge in [0.25, 0.3) is 5.91 Å². The van der Waals surface area contributed by atoms with Crippen LogP contribution in [0.5, 0.6) is 5.75 Å². The minimum Gasteiger partial charge on any atom is -0.497 e. The quantitative estimate of drug-likeness (QED) is 0.532. The molecule has 0 atom stereocenters. The van der Waals surface area contributed by atoms with E-state index in [-0.39, 0.29) is 23.4 Å². The Kier molecular flexibility index (Phi) is 6.36. The highest BCUT2D eigenvalue weighted by atomic mass is 16.5. The zero-order valence-corrected chi connectivity index (χ0v) is 22.6. The summed E-state index contributed by atoms with van der Waals surface area (Å²) in [5.74, 6) is 1.43. The zero-order valence-electron chi connectivity index (χ0n) is 22.6. The number of nitrogens with one attached hydrogen (secondary N) is 2. The van der Waals surface area contributed by atoms with E-state index in [2.05, 4.69) is 44.2 Å². The van der Waals surface area contributed by atoms with Gasteiger partial charge in [0.2, 0.25) is 0 Å². The standard InChI is InChI=1S/C28H34N8O3/c1-28(2)16-35(15-19-14-31-33-25(19)28)26(37)23-13-24(30-17-29-23)34-9-7-20(8-10-34)36-11-6-18-12-21(39-3)4-5-22(18)32-27(36)38/h4-5,12-14,17,20H,6-11,15-16H2,1-3H3,(H,31,33)(H,32,38). The van der Waals surface area contributed by atoms with Gasteiger partial charge < -0.3 is 24.8 Å². The van der Waals surface area contributed by atoms with Gasteiger partial charge in [0.1, 0.15) is 23.6 Å². The summed E-state index contributed by atoms with van der Waals surface area (Å²) >= 11 is 0. The van der Waals surface area contributed by atoms with Crippen molar-refractivity contribution in [3.8, 4) is 5.75 Å². The van der Waals surface area contributed by atoms with Crippen molar-refractivity contribution in [2.24, 2.45) is 0 Å². The maximum atomic E-state index is 13.4. The van der Waals surface area contributed by atoms with Gasteiger partial charge in [0, 0.05) is 67.2 Å². The minimum absolute atomic E-state index is 0.0579. The summed E-state index contributed by atoms with van der Waals surface area (Å²) in [6.45, 7) is 7.46. The smallest absolute Gasteiger partial charge is 0.322 e. The Bertz CT molecular complexity index is 1390. The number of amides is 3. The average Bonchev–Trinajstić information content (AvgIpc) is 3.37. The molecule has 5 heterocycles. The van der Waals surface area contributed by atoms with Gasteiger partial charge in [0.05, 0.1) is 13.3 Å². The van der Waals surface area contributed by atoms with Crippen molar-refractivity contribution in [1.29, 1.82) is 0 Å². The molecule has 1 fully saturated rings. The lowest BCUT2D eigenvalue weighted by Gasteiger charge is -2.38. The number of fused-ring (bicyclic) bond motifs is 2. The van der Waals surface area contributed by atoms with Crippen LogP contribution in [-0.2, 0) is 18.4 Å². The molecule has 0 saturated carbocycles. The van der Waals surface area contributed by atoms with Crippen LogP contribution in [0, 0.1) is 0 Å². The van der Waals surface area contributed by atoms with Crippen molar-refractivity contribution in [2.75, 3.05) is 43.5 Å². The summed E-state index contributed by atoms with van der Waals surface area (Å²) in [5, 5.41) is 10.3. The Labute approximate surface area is 227 Å². The van der Waals surface area contributed by atoms with Crippen LogP contribution >= 0.6 is 0 Å². The molecule has 1 aromatic carbocycles. The van der Waals surface area contributed by atoms with Crippen molar-refractivity contribution in [3.05, 3.63) is 59.3 Å². The molecule has 39 heavy (non-hydrogen) atoms. The van der Waals surface area contributed by atoms with Gasteiger partial charge in [-0.25, -0.2) is 14.8 Å². The average molecular weight is 531 g/mol. The largest absolute Gasteiger partial charge is 0.497 e. The highest BCUT2D eigenvalue weighted by Gasteiger charge is 2.36. The number of hydrogen-bond donors (Lipinski definition) is 2. The molecule has 3 aliphatic heterocycles. The number of benzene rings is 1. The number of rotatable bonds is 4. The first-order valence-corrected chi connectivity index (χ1v) is 13.5. The SMILES string of the molecule is COc1ccc2c(c1)CCN(C1CCN(c3cc(C(=O)N4Cc5cn[nH]c5C(C)(C)C4)ncn3)CC1)C(=O)N2. The van der Waals surface area contributed by atoms with Gasteiger partial charge in [0.15, 0.2) is 0 Å². The second-order valence-electron chi connectivity index (χ2n) is 11.2. The van der Waals surface area contributed by atoms with Crippen molar-refractivity contribution in [2.45, 2.75) is 51.1 Å². The second-order valence-corrected chi connectivity index (χ2v) is 11.2. The van der Waals surface area contributed by atoms with Gasteiger partial charge in [-0.05, 0) is 43.0 Å². The van der Waals surface area contributed by atoms with Crippen LogP contribution in [-0.4, -0.2) is 81.2 Å². The van der Waals surface area contributed by atoms with Gasteiger partial charge in [-0.2, -0.15) is 5.10 Å². The lowest BCUT2D eigenvalue weighted by molar-refractivity contribution is 0.0678. The van der Waals surface area contributed by atoms with E-state index >= 15 is 0 Å². The lowest BCUT2D eigenvalue weighted by atomic mass is 9.83. The fraction of sp³-hybridized carbons (Fsp3) is 0.464. The van der Waals surface area contributed by atoms with E-state index in [1.165, 1.54) is 6.33 Å². The third-order valence-electron chi connectivity index (χ3n) is 8.17. The molecule has 0 spiro atoms. The molecule has 2 aromatic heterocycles. The Morgan fingerprint density at radius 2 is 1.92 bits per heavy atom. The Hall–Kier alpha value is -4.15. The Morgan fingerprint density at radius 1 is 1.10 bits per heavy atom. The van der Waals surface area contributed by atoms with E-state index in [0.717, 1.165) is 66.4 Å². The van der Waals surface area contributed by atoms with Crippen LogP contribution in [0.25, 0.3) is 0 Å². The van der Waals surface area contributed by atoms with E-state index in [0.29, 0.717) is 25.3 Å². The monoisotopic (exact) mass is 530 g/mol. The van der Waals surface area contributed by atoms with Gasteiger partial charge in [-0.1, -0.05) is 13.8 Å². The van der Waals surface area contributed by atoms with Crippen molar-refractivity contribution in [3.63, 3.8) is 0 Å². The van der Waals surface area contributed by atoms with E-state index in [4.69, 9.17) is 4.74 Å². The summed E-state index contributed by atoms with van der Waals surface area (Å²) in [5.41, 5.74) is 4.23. The topological polar surface area (TPSA) is 120 Å². The first-order chi connectivity index (χ1) is 18.8. The molecule has 0 radical (unpaired) electrons. The molecular formula is C28H34N8O3. The predicted molar refractivity (Wildman–Crippen MR) is 146 cm³/mol. The number of carbonyl (C=O) groups is 2. The summed E-state index contributed by atoms with van der Waals surface area (Å²) < 4.78 is 5.35. The molecule has 3 amide bonds. The van der Waals surface area contributed by atoms with E-state index in [1.807, 2.05) is 28.0 Å². The van der Waals surface area contributed by atoms with Crippen molar-refractivity contribution >= 4 is 23.4 Å². The fourth-order valence-electron chi connectivity index (χ4n) is 6.09. The number of aromatic nitrogens is 4. The Balaban J connectivity index is 1.10. The Morgan fingerprint density at radius 3 is 2.72 bits per heavy atom. The van der Waals surface area contributed by atoms with Gasteiger partial charge in [-0.3, -0.25) is 9.89 Å². The number of aromatic amines is 1. The fourth-order valence-corrected chi connectivity index (χ4v) is 6.09. The van der Waals surface area contributed by atoms with Crippen LogP contribution in [0.15, 0.2) is 36.8 Å². The lowest BCUT2D eigenvalue weighted by Crippen LogP contribution is -2.49. The van der Waals surface area contributed by atoms with E-state index in [1.54, 1.807) is 19.4 Å². The molecule has 2 N–H and O–H groups in total. The summed E-state index contributed by atoms with van der Waals surface area (Å²) in [7, 11) is 1.65. The molecule has 6 rings (SSSR count). The third-order valence-corrected chi connectivity index (χ3v) is 8.17. The molecule has 3 aliphatic rings. The van der Waals surface area contributed by atoms with Gasteiger partial charge in [-0.15, -0.1) is 0 Å². The summed E-state index contributed by atoms with van der Waals surface area (Å²) in [6, 6.07) is 7.65. The van der Waals surface area contributed by atoms with E-state index < -0.39 is 0 Å². The molecule has 204 valence electrons. The zero-order chi connectivity index (χ0) is 27.1. The van der Waals surface area contributed by atoms with Crippen molar-refractivity contribution in [1.82, 2.24) is 30.0 Å². The minimum atomic E-state index is -0.218. The highest BCUT2D eigenvalue weighted by molar-refractivity contribution is 5.93. The number of hydrogen-bond acceptors (Lipinski definition) is 7. The second kappa shape index (κ2) is 9.87. The first-order valence-electron chi connectivity index (χ1n) is 13.5. The molecule has 0 aliphatic carbocycles. The number of H-pyrrole nitrogens is 1. The predicted octanol–water partition coefficient (Wildman–Crippen LogP) is 3.20. The molecule has 1 saturated heterocycles. The molecule has 3 aromatic rings. The molecular weight excluding hydrogens is 496 g/mol. The summed E-state index contributed by atoms with van der Waals surface area (Å²) in [4.78, 5) is 41.3. The van der Waals surface area contributed by atoms with Crippen LogP contribution < -0.4 is 15.0 Å². The van der Waals surface area contributed by atoms with Crippen LogP contribution in [0.1, 0.15) is 54.0 Å². The molecule has 11 heteroatoms. The first kappa shape index (κ1) is 25.1. The number of ether oxygens (including phenoxy) is 1. The maximum absolute atomic E-state index is 13.4. The van der Waals surface area contributed by atoms with Crippen molar-refractivity contribution < 1.29 is 14.3 Å². The molecule has 0 unspecified atom stereocenters. The number of piperidine rings is 1. The number of carbonyl (C=O) groups excluding carboxylic acids is 2. The normalized spacial score (nSPS) is 19.2. The number of nitrogens with zero attached hydrogens (tertiary/aromatic N) is 6. The number of urea groups is 1. The third kappa shape index (κ3) is 4.77. The highest BCUT2D eigenvalue weighted by Crippen LogP contribution is 2.33. The van der Waals surface area contributed by atoms with Crippen LogP contribution in [0.3, 0.4) is 0 Å². The van der Waals surface area contributed by atoms with Crippen LogP contribution in [0.2, 0.25) is 0 Å². The number of anilines is 2. The molecule has 0 bridgehead atoms. The van der Waals surface area contributed by atoms with Crippen LogP contribution in [0.4, 0.5) is 16.3 Å². The van der Waals surface area contributed by atoms with E-state index in [9.17, 15) is 9.59 Å². The van der Waals surface area contributed by atoms with Gasteiger partial charge >= 0.3 is 6.03 Å². The number of methoxy groups -OCH3 is 1.